The second-order valence-corrected chi connectivity index (χ2v) is 16.4. The molecule has 0 fully saturated rings. The van der Waals surface area contributed by atoms with Crippen molar-refractivity contribution in [2.45, 2.75) is 233 Å². The van der Waals surface area contributed by atoms with Gasteiger partial charge in [0.25, 0.3) is 0 Å². The number of carbonyl (C=O) groups excluding carboxylic acids is 2. The van der Waals surface area contributed by atoms with Gasteiger partial charge in [0.05, 0.1) is 19.0 Å². The zero-order valence-corrected chi connectivity index (χ0v) is 36.6. The SMILES string of the molecule is CCCCCCCCC(CCCCCC)OC(=O)CCN(CCC(=O)OC(CCCCCC)CCCCCCCC)Cc1cnn(CCCCN(C)C)c1. The molecule has 0 amide bonds. The van der Waals surface area contributed by atoms with E-state index in [2.05, 4.69) is 62.9 Å². The highest BCUT2D eigenvalue weighted by Gasteiger charge is 2.19. The average Bonchev–Trinajstić information content (AvgIpc) is 3.60. The molecule has 54 heavy (non-hydrogen) atoms. The standard InChI is InChI=1S/C46H88N4O4/c1-7-11-15-19-21-25-31-43(29-23-17-13-9-3)53-45(51)33-37-49(40-42-39-47-50(41-42)36-28-27-35-48(5)6)38-34-46(52)54-44(30-24-18-14-10-4)32-26-22-20-16-12-8-2/h39,41,43-44H,7-38,40H2,1-6H3. The molecule has 316 valence electrons. The van der Waals surface area contributed by atoms with Crippen LogP contribution in [0.15, 0.2) is 12.4 Å². The molecule has 0 aliphatic heterocycles. The Kier molecular flexibility index (Phi) is 32.9. The highest BCUT2D eigenvalue weighted by Crippen LogP contribution is 2.19. The van der Waals surface area contributed by atoms with E-state index in [9.17, 15) is 9.59 Å². The minimum absolute atomic E-state index is 0.00981. The molecule has 0 saturated heterocycles. The van der Waals surface area contributed by atoms with Crippen LogP contribution in [0.4, 0.5) is 0 Å². The lowest BCUT2D eigenvalue weighted by Gasteiger charge is -2.23. The lowest BCUT2D eigenvalue weighted by atomic mass is 10.0. The predicted octanol–water partition coefficient (Wildman–Crippen LogP) is 12.1. The first-order valence-corrected chi connectivity index (χ1v) is 23.1. The van der Waals surface area contributed by atoms with Crippen LogP contribution in [0.25, 0.3) is 0 Å². The van der Waals surface area contributed by atoms with Gasteiger partial charge in [0.1, 0.15) is 12.2 Å². The number of unbranched alkanes of at least 4 members (excludes halogenated alkanes) is 17. The fourth-order valence-corrected chi connectivity index (χ4v) is 7.26. The van der Waals surface area contributed by atoms with E-state index in [4.69, 9.17) is 9.47 Å². The topological polar surface area (TPSA) is 76.9 Å². The molecule has 1 heterocycles. The average molecular weight is 761 g/mol. The third-order valence-corrected chi connectivity index (χ3v) is 10.7. The fourth-order valence-electron chi connectivity index (χ4n) is 7.26. The Hall–Kier alpha value is -1.93. The van der Waals surface area contributed by atoms with Crippen LogP contribution in [0.1, 0.15) is 213 Å². The summed E-state index contributed by atoms with van der Waals surface area (Å²) in [4.78, 5) is 31.1. The maximum Gasteiger partial charge on any atom is 0.307 e. The van der Waals surface area contributed by atoms with Crippen molar-refractivity contribution in [3.63, 3.8) is 0 Å². The third-order valence-electron chi connectivity index (χ3n) is 10.7. The predicted molar refractivity (Wildman–Crippen MR) is 228 cm³/mol. The molecule has 0 radical (unpaired) electrons. The van der Waals surface area contributed by atoms with Crippen molar-refractivity contribution in [1.82, 2.24) is 19.6 Å². The van der Waals surface area contributed by atoms with Crippen molar-refractivity contribution < 1.29 is 19.1 Å². The summed E-state index contributed by atoms with van der Waals surface area (Å²) in [5.41, 5.74) is 1.11. The third kappa shape index (κ3) is 29.4. The van der Waals surface area contributed by atoms with E-state index in [1.807, 2.05) is 10.9 Å². The van der Waals surface area contributed by atoms with Gasteiger partial charge in [0.15, 0.2) is 0 Å². The molecule has 8 heteroatoms. The summed E-state index contributed by atoms with van der Waals surface area (Å²) < 4.78 is 14.3. The van der Waals surface area contributed by atoms with Gasteiger partial charge in [0, 0.05) is 37.9 Å². The van der Waals surface area contributed by atoms with Crippen LogP contribution < -0.4 is 0 Å². The van der Waals surface area contributed by atoms with E-state index in [0.717, 1.165) is 82.9 Å². The highest BCUT2D eigenvalue weighted by atomic mass is 16.5. The molecule has 2 unspecified atom stereocenters. The number of carbonyl (C=O) groups is 2. The molecule has 1 aromatic heterocycles. The lowest BCUT2D eigenvalue weighted by Crippen LogP contribution is -2.31. The Morgan fingerprint density at radius 1 is 0.574 bits per heavy atom. The lowest BCUT2D eigenvalue weighted by molar-refractivity contribution is -0.150. The van der Waals surface area contributed by atoms with Gasteiger partial charge in [-0.2, -0.15) is 5.10 Å². The molecule has 0 aliphatic carbocycles. The number of rotatable bonds is 39. The summed E-state index contributed by atoms with van der Waals surface area (Å²) in [5, 5.41) is 4.64. The molecule has 0 aromatic carbocycles. The van der Waals surface area contributed by atoms with Gasteiger partial charge >= 0.3 is 11.9 Å². The Bertz CT molecular complexity index is 949. The van der Waals surface area contributed by atoms with Gasteiger partial charge in [-0.25, -0.2) is 0 Å². The number of ether oxygens (including phenoxy) is 2. The van der Waals surface area contributed by atoms with E-state index in [-0.39, 0.29) is 24.1 Å². The van der Waals surface area contributed by atoms with Gasteiger partial charge < -0.3 is 14.4 Å². The second kappa shape index (κ2) is 35.5. The monoisotopic (exact) mass is 761 g/mol. The Morgan fingerprint density at radius 2 is 0.981 bits per heavy atom. The maximum atomic E-state index is 13.3. The van der Waals surface area contributed by atoms with Gasteiger partial charge in [-0.15, -0.1) is 0 Å². The minimum Gasteiger partial charge on any atom is -0.462 e. The molecule has 0 bridgehead atoms. The molecule has 2 atom stereocenters. The van der Waals surface area contributed by atoms with Gasteiger partial charge in [0.2, 0.25) is 0 Å². The van der Waals surface area contributed by atoms with Crippen molar-refractivity contribution >= 4 is 11.9 Å². The number of aromatic nitrogens is 2. The van der Waals surface area contributed by atoms with Crippen molar-refractivity contribution in [2.24, 2.45) is 0 Å². The minimum atomic E-state index is -0.114. The first kappa shape index (κ1) is 50.1. The van der Waals surface area contributed by atoms with Gasteiger partial charge in [-0.3, -0.25) is 19.2 Å². The summed E-state index contributed by atoms with van der Waals surface area (Å²) >= 11 is 0. The molecule has 0 N–H and O–H groups in total. The van der Waals surface area contributed by atoms with Crippen molar-refractivity contribution in [3.05, 3.63) is 18.0 Å². The van der Waals surface area contributed by atoms with E-state index < -0.39 is 0 Å². The number of esters is 2. The Balaban J connectivity index is 2.86. The summed E-state index contributed by atoms with van der Waals surface area (Å²) in [5.74, 6) is -0.228. The Labute approximate surface area is 334 Å². The largest absolute Gasteiger partial charge is 0.462 e. The van der Waals surface area contributed by atoms with Crippen LogP contribution in [0.3, 0.4) is 0 Å². The highest BCUT2D eigenvalue weighted by molar-refractivity contribution is 5.70. The van der Waals surface area contributed by atoms with Crippen LogP contribution >= 0.6 is 0 Å². The van der Waals surface area contributed by atoms with Crippen LogP contribution in [-0.2, 0) is 32.2 Å². The van der Waals surface area contributed by atoms with Crippen LogP contribution in [-0.4, -0.2) is 77.5 Å². The van der Waals surface area contributed by atoms with Crippen LogP contribution in [0, 0.1) is 0 Å². The second-order valence-electron chi connectivity index (χ2n) is 16.4. The van der Waals surface area contributed by atoms with E-state index >= 15 is 0 Å². The summed E-state index contributed by atoms with van der Waals surface area (Å²) in [6.07, 6.45) is 35.3. The molecule has 8 nitrogen and oxygen atoms in total. The number of nitrogens with zero attached hydrogens (tertiary/aromatic N) is 4. The number of aryl methyl sites for hydroxylation is 1. The smallest absolute Gasteiger partial charge is 0.307 e. The van der Waals surface area contributed by atoms with E-state index in [1.54, 1.807) is 0 Å². The quantitative estimate of drug-likeness (QED) is 0.0488. The molecule has 1 aromatic rings. The molecular formula is C46H88N4O4. The Morgan fingerprint density at radius 3 is 1.41 bits per heavy atom. The van der Waals surface area contributed by atoms with E-state index in [1.165, 1.54) is 103 Å². The summed E-state index contributed by atoms with van der Waals surface area (Å²) in [6.45, 7) is 12.7. The normalized spacial score (nSPS) is 12.8. The number of hydrogen-bond donors (Lipinski definition) is 0. The first-order chi connectivity index (χ1) is 26.3. The summed E-state index contributed by atoms with van der Waals surface area (Å²) in [6, 6.07) is 0. The fraction of sp³-hybridized carbons (Fsp3) is 0.891. The van der Waals surface area contributed by atoms with Gasteiger partial charge in [-0.05, 0) is 84.8 Å². The first-order valence-electron chi connectivity index (χ1n) is 23.1. The molecule has 0 saturated carbocycles. The zero-order chi connectivity index (χ0) is 39.5. The molecule has 0 spiro atoms. The molecular weight excluding hydrogens is 673 g/mol. The van der Waals surface area contributed by atoms with Crippen molar-refractivity contribution in [1.29, 1.82) is 0 Å². The van der Waals surface area contributed by atoms with E-state index in [0.29, 0.717) is 32.5 Å². The van der Waals surface area contributed by atoms with Crippen molar-refractivity contribution in [2.75, 3.05) is 33.7 Å². The maximum absolute atomic E-state index is 13.3. The molecule has 0 aliphatic rings. The number of hydrogen-bond acceptors (Lipinski definition) is 7. The van der Waals surface area contributed by atoms with Gasteiger partial charge in [-0.1, -0.05) is 130 Å². The zero-order valence-electron chi connectivity index (χ0n) is 36.6. The molecule has 1 rings (SSSR count). The summed E-state index contributed by atoms with van der Waals surface area (Å²) in [7, 11) is 4.22. The van der Waals surface area contributed by atoms with Crippen LogP contribution in [0.2, 0.25) is 0 Å². The van der Waals surface area contributed by atoms with Crippen molar-refractivity contribution in [3.8, 4) is 0 Å². The van der Waals surface area contributed by atoms with Crippen LogP contribution in [0.5, 0.6) is 0 Å².